The predicted octanol–water partition coefficient (Wildman–Crippen LogP) is 6.53. The molecule has 0 unspecified atom stereocenters. The molecule has 1 N–H and O–H groups in total. The number of hydrogen-bond donors (Lipinski definition) is 1. The Bertz CT molecular complexity index is 1600. The number of fused-ring (bicyclic) bond motifs is 1. The third-order valence-electron chi connectivity index (χ3n) is 5.69. The van der Waals surface area contributed by atoms with Crippen LogP contribution in [0.5, 0.6) is 0 Å². The Morgan fingerprint density at radius 3 is 1.91 bits per heavy atom. The molecule has 0 saturated carbocycles. The van der Waals surface area contributed by atoms with Crippen LogP contribution in [-0.2, 0) is 9.84 Å². The third-order valence-corrected chi connectivity index (χ3v) is 7.46. The van der Waals surface area contributed by atoms with E-state index in [2.05, 4.69) is 4.98 Å². The molecule has 166 valence electrons. The van der Waals surface area contributed by atoms with Crippen LogP contribution in [0.3, 0.4) is 0 Å². The van der Waals surface area contributed by atoms with E-state index in [1.54, 1.807) is 48.5 Å². The summed E-state index contributed by atoms with van der Waals surface area (Å²) in [5, 5.41) is 0.836. The van der Waals surface area contributed by atoms with E-state index in [4.69, 9.17) is 0 Å². The number of nitrogens with one attached hydrogen (secondary N) is 1. The van der Waals surface area contributed by atoms with Crippen LogP contribution >= 0.6 is 0 Å². The highest BCUT2D eigenvalue weighted by atomic mass is 32.2. The van der Waals surface area contributed by atoms with Gasteiger partial charge in [-0.1, -0.05) is 97.1 Å². The molecule has 0 bridgehead atoms. The standard InChI is InChI=1S/C29H21NO3S/c31-29(22-14-6-2-7-15-22)27(34(32,33)23-16-8-3-9-17-23)20-25-24-18-10-11-19-26(24)30-28(25)21-12-4-1-5-13-21/h1-20,30H/b27-20+. The number of hydrogen-bond acceptors (Lipinski definition) is 3. The van der Waals surface area contributed by atoms with Gasteiger partial charge in [0, 0.05) is 22.0 Å². The summed E-state index contributed by atoms with van der Waals surface area (Å²) in [5.74, 6) is -0.547. The van der Waals surface area contributed by atoms with Gasteiger partial charge in [-0.2, -0.15) is 0 Å². The molecule has 0 spiro atoms. The first-order valence-corrected chi connectivity index (χ1v) is 12.3. The Kier molecular flexibility index (Phi) is 5.70. The topological polar surface area (TPSA) is 67.0 Å². The van der Waals surface area contributed by atoms with Crippen LogP contribution in [0, 0.1) is 0 Å². The Hall–Kier alpha value is -4.22. The predicted molar refractivity (Wildman–Crippen MR) is 136 cm³/mol. The van der Waals surface area contributed by atoms with Crippen molar-refractivity contribution in [3.05, 3.63) is 131 Å². The SMILES string of the molecule is O=C(/C(=C\c1c(-c2ccccc2)[nH]c2ccccc12)S(=O)(=O)c1ccccc1)c1ccccc1. The largest absolute Gasteiger partial charge is 0.354 e. The molecule has 5 heteroatoms. The van der Waals surface area contributed by atoms with Crippen molar-refractivity contribution in [1.29, 1.82) is 0 Å². The van der Waals surface area contributed by atoms with Crippen LogP contribution in [0.4, 0.5) is 0 Å². The number of carbonyl (C=O) groups excluding carboxylic acids is 1. The smallest absolute Gasteiger partial charge is 0.210 e. The van der Waals surface area contributed by atoms with Crippen LogP contribution in [-0.4, -0.2) is 19.2 Å². The zero-order valence-electron chi connectivity index (χ0n) is 18.2. The highest BCUT2D eigenvalue weighted by Gasteiger charge is 2.29. The average Bonchev–Trinajstić information content (AvgIpc) is 3.27. The molecule has 1 aromatic heterocycles. The van der Waals surface area contributed by atoms with Gasteiger partial charge in [-0.05, 0) is 29.8 Å². The van der Waals surface area contributed by atoms with E-state index in [1.165, 1.54) is 18.2 Å². The van der Waals surface area contributed by atoms with Gasteiger partial charge in [0.1, 0.15) is 4.91 Å². The Morgan fingerprint density at radius 2 is 1.24 bits per heavy atom. The van der Waals surface area contributed by atoms with E-state index in [1.807, 2.05) is 54.6 Å². The Morgan fingerprint density at radius 1 is 0.676 bits per heavy atom. The van der Waals surface area contributed by atoms with Gasteiger partial charge in [-0.25, -0.2) is 8.42 Å². The maximum Gasteiger partial charge on any atom is 0.210 e. The van der Waals surface area contributed by atoms with E-state index in [0.717, 1.165) is 22.2 Å². The molecule has 4 aromatic carbocycles. The van der Waals surface area contributed by atoms with Crippen molar-refractivity contribution in [3.63, 3.8) is 0 Å². The molecule has 34 heavy (non-hydrogen) atoms. The van der Waals surface area contributed by atoms with Gasteiger partial charge >= 0.3 is 0 Å². The van der Waals surface area contributed by atoms with Gasteiger partial charge in [0.2, 0.25) is 15.6 Å². The molecule has 0 radical (unpaired) electrons. The molecular weight excluding hydrogens is 442 g/mol. The summed E-state index contributed by atoms with van der Waals surface area (Å²) in [7, 11) is -4.09. The van der Waals surface area contributed by atoms with Crippen molar-refractivity contribution in [1.82, 2.24) is 4.98 Å². The Labute approximate surface area is 198 Å². The second-order valence-electron chi connectivity index (χ2n) is 7.85. The van der Waals surface area contributed by atoms with E-state index in [9.17, 15) is 13.2 Å². The average molecular weight is 464 g/mol. The number of ketones is 1. The first kappa shape index (κ1) is 21.6. The minimum Gasteiger partial charge on any atom is -0.354 e. The fraction of sp³-hybridized carbons (Fsp3) is 0. The molecule has 5 rings (SSSR count). The molecule has 0 amide bonds. The molecule has 1 heterocycles. The normalized spacial score (nSPS) is 12.1. The summed E-state index contributed by atoms with van der Waals surface area (Å²) >= 11 is 0. The number of aromatic amines is 1. The fourth-order valence-corrected chi connectivity index (χ4v) is 5.41. The summed E-state index contributed by atoms with van der Waals surface area (Å²) < 4.78 is 27.5. The number of aromatic nitrogens is 1. The van der Waals surface area contributed by atoms with E-state index in [0.29, 0.717) is 11.1 Å². The molecule has 0 aliphatic heterocycles. The van der Waals surface area contributed by atoms with Crippen LogP contribution in [0.1, 0.15) is 15.9 Å². The van der Waals surface area contributed by atoms with Crippen LogP contribution < -0.4 is 0 Å². The van der Waals surface area contributed by atoms with Crippen molar-refractivity contribution >= 4 is 32.6 Å². The number of benzene rings is 4. The zero-order chi connectivity index (χ0) is 23.5. The maximum absolute atomic E-state index is 13.8. The van der Waals surface area contributed by atoms with Crippen molar-refractivity contribution in [3.8, 4) is 11.3 Å². The number of H-pyrrole nitrogens is 1. The number of carbonyl (C=O) groups is 1. The molecule has 5 aromatic rings. The zero-order valence-corrected chi connectivity index (χ0v) is 19.0. The van der Waals surface area contributed by atoms with Gasteiger partial charge in [0.05, 0.1) is 10.6 Å². The second kappa shape index (κ2) is 8.96. The highest BCUT2D eigenvalue weighted by Crippen LogP contribution is 2.34. The first-order valence-electron chi connectivity index (χ1n) is 10.8. The quantitative estimate of drug-likeness (QED) is 0.230. The minimum absolute atomic E-state index is 0.0756. The van der Waals surface area contributed by atoms with Crippen molar-refractivity contribution in [2.45, 2.75) is 4.90 Å². The molecule has 4 nitrogen and oxygen atoms in total. The number of para-hydroxylation sites is 1. The summed E-state index contributed by atoms with van der Waals surface area (Å²) in [6.45, 7) is 0. The maximum atomic E-state index is 13.8. The monoisotopic (exact) mass is 463 g/mol. The van der Waals surface area contributed by atoms with Crippen molar-refractivity contribution in [2.75, 3.05) is 0 Å². The lowest BCUT2D eigenvalue weighted by atomic mass is 10.0. The van der Waals surface area contributed by atoms with Gasteiger partial charge in [-0.15, -0.1) is 0 Å². The molecule has 0 fully saturated rings. The summed E-state index contributed by atoms with van der Waals surface area (Å²) in [5.41, 5.74) is 3.48. The summed E-state index contributed by atoms with van der Waals surface area (Å²) in [6.07, 6.45) is 1.51. The van der Waals surface area contributed by atoms with Crippen LogP contribution in [0.25, 0.3) is 28.2 Å². The van der Waals surface area contributed by atoms with Gasteiger partial charge in [0.25, 0.3) is 0 Å². The molecule has 0 atom stereocenters. The summed E-state index contributed by atoms with van der Waals surface area (Å²) in [6, 6.07) is 33.9. The first-order chi connectivity index (χ1) is 16.6. The Balaban J connectivity index is 1.80. The van der Waals surface area contributed by atoms with E-state index < -0.39 is 15.6 Å². The fourth-order valence-electron chi connectivity index (χ4n) is 4.00. The number of Topliss-reactive ketones (excluding diaryl/α,β-unsaturated/α-hetero) is 1. The van der Waals surface area contributed by atoms with Crippen molar-refractivity contribution < 1.29 is 13.2 Å². The second-order valence-corrected chi connectivity index (χ2v) is 9.76. The third kappa shape index (κ3) is 3.98. The van der Waals surface area contributed by atoms with Gasteiger partial charge in [0.15, 0.2) is 0 Å². The lowest BCUT2D eigenvalue weighted by Gasteiger charge is -2.10. The molecule has 0 aliphatic carbocycles. The lowest BCUT2D eigenvalue weighted by Crippen LogP contribution is -2.14. The van der Waals surface area contributed by atoms with Gasteiger partial charge < -0.3 is 4.98 Å². The number of sulfone groups is 1. The summed E-state index contributed by atoms with van der Waals surface area (Å²) in [4.78, 5) is 16.8. The van der Waals surface area contributed by atoms with E-state index in [-0.39, 0.29) is 9.80 Å². The van der Waals surface area contributed by atoms with Crippen LogP contribution in [0.2, 0.25) is 0 Å². The van der Waals surface area contributed by atoms with Gasteiger partial charge in [-0.3, -0.25) is 4.79 Å². The molecular formula is C29H21NO3S. The van der Waals surface area contributed by atoms with E-state index >= 15 is 0 Å². The van der Waals surface area contributed by atoms with Crippen molar-refractivity contribution in [2.24, 2.45) is 0 Å². The van der Waals surface area contributed by atoms with Crippen LogP contribution in [0.15, 0.2) is 125 Å². The number of allylic oxidation sites excluding steroid dienone is 1. The highest BCUT2D eigenvalue weighted by molar-refractivity contribution is 7.96. The molecule has 0 saturated heterocycles. The molecule has 0 aliphatic rings. The lowest BCUT2D eigenvalue weighted by molar-refractivity contribution is 0.104. The number of rotatable bonds is 6. The minimum atomic E-state index is -4.09.